The quantitative estimate of drug-likeness (QED) is 0.219. The van der Waals surface area contributed by atoms with E-state index in [9.17, 15) is 0 Å². The van der Waals surface area contributed by atoms with Crippen molar-refractivity contribution in [2.45, 2.75) is 13.1 Å². The van der Waals surface area contributed by atoms with E-state index in [1.54, 1.807) is 0 Å². The van der Waals surface area contributed by atoms with Crippen molar-refractivity contribution in [3.05, 3.63) is 109 Å². The first-order valence-corrected chi connectivity index (χ1v) is 12.0. The van der Waals surface area contributed by atoms with Crippen molar-refractivity contribution in [3.8, 4) is 0 Å². The summed E-state index contributed by atoms with van der Waals surface area (Å²) in [5.74, 6) is 0. The first-order chi connectivity index (χ1) is 14.3. The molecule has 0 amide bonds. The molecule has 6 aromatic carbocycles. The molecule has 0 spiro atoms. The minimum atomic E-state index is 0. The van der Waals surface area contributed by atoms with Gasteiger partial charge in [0.1, 0.15) is 0 Å². The van der Waals surface area contributed by atoms with Crippen LogP contribution in [0.2, 0.25) is 13.1 Å². The fraction of sp³-hybridized carbons (Fsp3) is 0.0714. The second-order valence-electron chi connectivity index (χ2n) is 7.14. The van der Waals surface area contributed by atoms with E-state index in [0.29, 0.717) is 0 Å². The molecule has 32 heavy (non-hydrogen) atoms. The SMILES string of the molecule is C[Si]C.[Cl-].[Cl-].[Ti+4].c1ccc2c(c1)[cH-]c1ccccc12.c1ccc2c(c1)[cH-]c1ccccc12. The maximum atomic E-state index is 2.24. The van der Waals surface area contributed by atoms with Gasteiger partial charge < -0.3 is 24.8 Å². The summed E-state index contributed by atoms with van der Waals surface area (Å²) >= 11 is 0. The predicted molar refractivity (Wildman–Crippen MR) is 132 cm³/mol. The van der Waals surface area contributed by atoms with Crippen LogP contribution in [0, 0.1) is 0 Å². The van der Waals surface area contributed by atoms with Crippen molar-refractivity contribution in [2.24, 2.45) is 0 Å². The molecule has 0 aliphatic carbocycles. The number of benzene rings is 4. The van der Waals surface area contributed by atoms with Crippen LogP contribution < -0.4 is 24.8 Å². The van der Waals surface area contributed by atoms with Gasteiger partial charge in [0.15, 0.2) is 0 Å². The Morgan fingerprint density at radius 2 is 0.625 bits per heavy atom. The van der Waals surface area contributed by atoms with E-state index in [0.717, 1.165) is 9.52 Å². The minimum absolute atomic E-state index is 0. The first kappa shape index (κ1) is 28.2. The number of rotatable bonds is 0. The first-order valence-electron chi connectivity index (χ1n) is 9.96. The number of halogens is 2. The van der Waals surface area contributed by atoms with Gasteiger partial charge in [-0.2, -0.15) is 0 Å². The van der Waals surface area contributed by atoms with Crippen LogP contribution in [-0.4, -0.2) is 9.52 Å². The van der Waals surface area contributed by atoms with Crippen molar-refractivity contribution in [1.29, 1.82) is 0 Å². The molecule has 0 saturated carbocycles. The summed E-state index contributed by atoms with van der Waals surface area (Å²) in [7, 11) is 1.08. The molecule has 0 N–H and O–H groups in total. The van der Waals surface area contributed by atoms with E-state index in [-0.39, 0.29) is 46.5 Å². The fourth-order valence-electron chi connectivity index (χ4n) is 3.81. The van der Waals surface area contributed by atoms with Gasteiger partial charge in [0.2, 0.25) is 0 Å². The molecule has 0 nitrogen and oxygen atoms in total. The molecule has 0 atom stereocenters. The molecular weight excluding hydrogens is 483 g/mol. The van der Waals surface area contributed by atoms with E-state index >= 15 is 0 Å². The van der Waals surface area contributed by atoms with Crippen molar-refractivity contribution < 1.29 is 46.5 Å². The topological polar surface area (TPSA) is 0 Å². The van der Waals surface area contributed by atoms with Gasteiger partial charge in [-0.05, 0) is 0 Å². The van der Waals surface area contributed by atoms with E-state index in [1.165, 1.54) is 43.1 Å². The van der Waals surface area contributed by atoms with Crippen LogP contribution in [-0.2, 0) is 21.7 Å². The summed E-state index contributed by atoms with van der Waals surface area (Å²) in [6.45, 7) is 4.31. The van der Waals surface area contributed by atoms with Crippen molar-refractivity contribution >= 4 is 52.6 Å². The number of hydrogen-bond acceptors (Lipinski definition) is 0. The third kappa shape index (κ3) is 6.13. The molecule has 0 bridgehead atoms. The molecule has 4 heteroatoms. The van der Waals surface area contributed by atoms with Gasteiger partial charge in [-0.1, -0.05) is 85.9 Å². The van der Waals surface area contributed by atoms with Crippen LogP contribution in [0.5, 0.6) is 0 Å². The Labute approximate surface area is 220 Å². The van der Waals surface area contributed by atoms with Gasteiger partial charge in [-0.3, -0.25) is 0 Å². The molecule has 158 valence electrons. The van der Waals surface area contributed by atoms with Gasteiger partial charge >= 0.3 is 21.7 Å². The zero-order valence-corrected chi connectivity index (χ0v) is 22.2. The van der Waals surface area contributed by atoms with E-state index in [1.807, 2.05) is 0 Å². The van der Waals surface area contributed by atoms with E-state index in [4.69, 9.17) is 0 Å². The smallest absolute Gasteiger partial charge is 1.00 e. The van der Waals surface area contributed by atoms with Crippen LogP contribution >= 0.6 is 0 Å². The Hall–Kier alpha value is -1.87. The molecule has 6 aromatic rings. The van der Waals surface area contributed by atoms with E-state index in [2.05, 4.69) is 122 Å². The van der Waals surface area contributed by atoms with Crippen molar-refractivity contribution in [3.63, 3.8) is 0 Å². The zero-order valence-electron chi connectivity index (χ0n) is 18.1. The Morgan fingerprint density at radius 3 is 0.844 bits per heavy atom. The van der Waals surface area contributed by atoms with Crippen LogP contribution in [0.25, 0.3) is 43.1 Å². The van der Waals surface area contributed by atoms with Crippen LogP contribution in [0.3, 0.4) is 0 Å². The summed E-state index contributed by atoms with van der Waals surface area (Å²) in [6, 6.07) is 38.5. The molecule has 6 rings (SSSR count). The number of hydrogen-bond donors (Lipinski definition) is 0. The Balaban J connectivity index is 0.000000264. The molecular formula is C28H24Cl2SiTi. The predicted octanol–water partition coefficient (Wildman–Crippen LogP) is 2.22. The summed E-state index contributed by atoms with van der Waals surface area (Å²) < 4.78 is 0. The third-order valence-corrected chi connectivity index (χ3v) is 5.05. The van der Waals surface area contributed by atoms with Crippen LogP contribution in [0.4, 0.5) is 0 Å². The fourth-order valence-corrected chi connectivity index (χ4v) is 3.81. The molecule has 0 unspecified atom stereocenters. The maximum absolute atomic E-state index is 2.24. The third-order valence-electron chi connectivity index (χ3n) is 5.05. The number of fused-ring (bicyclic) bond motifs is 6. The average Bonchev–Trinajstić information content (AvgIpc) is 3.33. The van der Waals surface area contributed by atoms with E-state index < -0.39 is 0 Å². The largest absolute Gasteiger partial charge is 4.00 e. The summed E-state index contributed by atoms with van der Waals surface area (Å²) in [4.78, 5) is 0. The van der Waals surface area contributed by atoms with Gasteiger partial charge in [0, 0.05) is 9.52 Å². The van der Waals surface area contributed by atoms with Gasteiger partial charge in [-0.25, -0.2) is 0 Å². The summed E-state index contributed by atoms with van der Waals surface area (Å²) in [5, 5.41) is 10.8. The Kier molecular flexibility index (Phi) is 12.0. The molecule has 0 aliphatic rings. The minimum Gasteiger partial charge on any atom is -1.00 e. The standard InChI is InChI=1S/2C13H9.C2H6Si.2ClH.Ti/c2*1-3-7-12-10(5-1)9-11-6-2-4-8-13(11)12;1-3-2;;;/h2*1-9H;1-2H3;2*1H;/q2*-1;;;;+4/p-2. The molecule has 0 aliphatic heterocycles. The van der Waals surface area contributed by atoms with Crippen LogP contribution in [0.1, 0.15) is 0 Å². The molecule has 2 radical (unpaired) electrons. The molecule has 0 fully saturated rings. The summed E-state index contributed by atoms with van der Waals surface area (Å²) in [6.07, 6.45) is 0. The molecule has 0 heterocycles. The van der Waals surface area contributed by atoms with Gasteiger partial charge in [0.05, 0.1) is 0 Å². The molecule has 0 aromatic heterocycles. The second kappa shape index (κ2) is 13.6. The zero-order chi connectivity index (χ0) is 20.1. The van der Waals surface area contributed by atoms with Gasteiger partial charge in [-0.15, -0.1) is 79.5 Å². The van der Waals surface area contributed by atoms with Crippen molar-refractivity contribution in [2.75, 3.05) is 0 Å². The molecule has 0 saturated heterocycles. The average molecular weight is 507 g/mol. The monoisotopic (exact) mass is 506 g/mol. The van der Waals surface area contributed by atoms with Crippen molar-refractivity contribution in [1.82, 2.24) is 0 Å². The van der Waals surface area contributed by atoms with Gasteiger partial charge in [0.25, 0.3) is 0 Å². The Morgan fingerprint density at radius 1 is 0.438 bits per heavy atom. The van der Waals surface area contributed by atoms with Crippen LogP contribution in [0.15, 0.2) is 109 Å². The Bertz CT molecular complexity index is 1160. The normalized spacial score (nSPS) is 9.56. The summed E-state index contributed by atoms with van der Waals surface area (Å²) in [5.41, 5.74) is 0. The second-order valence-corrected chi connectivity index (χ2v) is 8.14. The maximum Gasteiger partial charge on any atom is 4.00 e.